The highest BCUT2D eigenvalue weighted by atomic mass is 79.9. The minimum Gasteiger partial charge on any atom is -0.354 e. The lowest BCUT2D eigenvalue weighted by molar-refractivity contribution is -0.118. The molecule has 0 spiro atoms. The molecule has 0 saturated carbocycles. The molecule has 2 rings (SSSR count). The number of carbonyl (C=O) groups excluding carboxylic acids is 1. The number of rotatable bonds is 6. The van der Waals surface area contributed by atoms with Gasteiger partial charge in [0.25, 0.3) is 0 Å². The van der Waals surface area contributed by atoms with Crippen molar-refractivity contribution in [1.29, 1.82) is 0 Å². The summed E-state index contributed by atoms with van der Waals surface area (Å²) in [4.78, 5) is 16.7. The molecule has 0 aliphatic rings. The van der Waals surface area contributed by atoms with Crippen molar-refractivity contribution in [3.63, 3.8) is 0 Å². The summed E-state index contributed by atoms with van der Waals surface area (Å²) < 4.78 is 2.96. The molecule has 0 unspecified atom stereocenters. The Labute approximate surface area is 124 Å². The van der Waals surface area contributed by atoms with Crippen molar-refractivity contribution < 1.29 is 4.79 Å². The fraction of sp³-hybridized carbons (Fsp3) is 0.231. The van der Waals surface area contributed by atoms with Crippen molar-refractivity contribution in [2.24, 2.45) is 0 Å². The van der Waals surface area contributed by atoms with E-state index in [0.29, 0.717) is 12.3 Å². The first kappa shape index (κ1) is 14.1. The molecular weight excluding hydrogens is 326 g/mol. The first-order valence-electron chi connectivity index (χ1n) is 5.85. The van der Waals surface area contributed by atoms with E-state index < -0.39 is 0 Å². The maximum Gasteiger partial charge on any atom is 0.230 e. The van der Waals surface area contributed by atoms with E-state index in [9.17, 15) is 4.79 Å². The summed E-state index contributed by atoms with van der Waals surface area (Å²) in [5.74, 6) is 0.477. The maximum absolute atomic E-state index is 11.7. The van der Waals surface area contributed by atoms with Crippen LogP contribution in [0.3, 0.4) is 0 Å². The zero-order chi connectivity index (χ0) is 13.5. The Kier molecular flexibility index (Phi) is 5.47. The third-order valence-electron chi connectivity index (χ3n) is 2.42. The van der Waals surface area contributed by atoms with Crippen LogP contribution in [0.5, 0.6) is 0 Å². The molecule has 0 radical (unpaired) electrons. The van der Waals surface area contributed by atoms with Crippen LogP contribution < -0.4 is 5.32 Å². The molecule has 0 bridgehead atoms. The first-order valence-corrected chi connectivity index (χ1v) is 7.63. The second-order valence-electron chi connectivity index (χ2n) is 3.90. The van der Waals surface area contributed by atoms with E-state index >= 15 is 0 Å². The van der Waals surface area contributed by atoms with E-state index in [2.05, 4.69) is 26.2 Å². The van der Waals surface area contributed by atoms with Crippen molar-refractivity contribution in [3.05, 3.63) is 47.5 Å². The van der Waals surface area contributed by atoms with Gasteiger partial charge in [-0.15, -0.1) is 11.8 Å². The molecule has 0 saturated heterocycles. The Hall–Kier alpha value is -1.27. The quantitative estimate of drug-likeness (QED) is 0.822. The van der Waals surface area contributed by atoms with Crippen molar-refractivity contribution in [2.75, 3.05) is 12.3 Å². The maximum atomic E-state index is 11.7. The average molecular weight is 340 g/mol. The van der Waals surface area contributed by atoms with Gasteiger partial charge in [0.15, 0.2) is 0 Å². The van der Waals surface area contributed by atoms with Crippen LogP contribution in [0.2, 0.25) is 0 Å². The average Bonchev–Trinajstić information content (AvgIpc) is 2.90. The van der Waals surface area contributed by atoms with Crippen LogP contribution in [0.4, 0.5) is 0 Å². The van der Waals surface area contributed by atoms with Crippen LogP contribution in [0.15, 0.2) is 52.4 Å². The lowest BCUT2D eigenvalue weighted by atomic mass is 10.4. The molecule has 0 aliphatic carbocycles. The summed E-state index contributed by atoms with van der Waals surface area (Å²) >= 11 is 4.94. The lowest BCUT2D eigenvalue weighted by Gasteiger charge is -2.06. The lowest BCUT2D eigenvalue weighted by Crippen LogP contribution is -2.28. The SMILES string of the molecule is O=C(CSc1cccc(Br)c1)NCCn1ccnc1. The van der Waals surface area contributed by atoms with Crippen LogP contribution >= 0.6 is 27.7 Å². The van der Waals surface area contributed by atoms with Crippen molar-refractivity contribution >= 4 is 33.6 Å². The number of aromatic nitrogens is 2. The van der Waals surface area contributed by atoms with Gasteiger partial charge in [-0.1, -0.05) is 22.0 Å². The van der Waals surface area contributed by atoms with E-state index in [1.165, 1.54) is 11.8 Å². The van der Waals surface area contributed by atoms with Gasteiger partial charge in [-0.2, -0.15) is 0 Å². The number of hydrogen-bond acceptors (Lipinski definition) is 3. The Balaban J connectivity index is 1.67. The molecule has 1 aromatic heterocycles. The van der Waals surface area contributed by atoms with Crippen LogP contribution in [-0.4, -0.2) is 27.8 Å². The number of thioether (sulfide) groups is 1. The third kappa shape index (κ3) is 5.08. The zero-order valence-electron chi connectivity index (χ0n) is 10.3. The largest absolute Gasteiger partial charge is 0.354 e. The van der Waals surface area contributed by atoms with E-state index in [1.807, 2.05) is 35.0 Å². The molecule has 6 heteroatoms. The molecule has 100 valence electrons. The topological polar surface area (TPSA) is 46.9 Å². The summed E-state index contributed by atoms with van der Waals surface area (Å²) in [5.41, 5.74) is 0. The fourth-order valence-electron chi connectivity index (χ4n) is 1.50. The predicted octanol–water partition coefficient (Wildman–Crippen LogP) is 2.55. The Morgan fingerprint density at radius 2 is 2.37 bits per heavy atom. The van der Waals surface area contributed by atoms with E-state index in [1.54, 1.807) is 12.5 Å². The number of halogens is 1. The Morgan fingerprint density at radius 1 is 1.47 bits per heavy atom. The monoisotopic (exact) mass is 339 g/mol. The molecular formula is C13H14BrN3OS. The molecule has 0 aliphatic heterocycles. The van der Waals surface area contributed by atoms with Crippen molar-refractivity contribution in [2.45, 2.75) is 11.4 Å². The van der Waals surface area contributed by atoms with Crippen molar-refractivity contribution in [3.8, 4) is 0 Å². The van der Waals surface area contributed by atoms with Gasteiger partial charge in [-0.3, -0.25) is 4.79 Å². The number of nitrogens with zero attached hydrogens (tertiary/aromatic N) is 2. The smallest absolute Gasteiger partial charge is 0.230 e. The van der Waals surface area contributed by atoms with Crippen molar-refractivity contribution in [1.82, 2.24) is 14.9 Å². The van der Waals surface area contributed by atoms with E-state index in [0.717, 1.165) is 15.9 Å². The summed E-state index contributed by atoms with van der Waals surface area (Å²) in [6, 6.07) is 7.93. The van der Waals surface area contributed by atoms with Gasteiger partial charge in [0.2, 0.25) is 5.91 Å². The molecule has 1 heterocycles. The van der Waals surface area contributed by atoms with Gasteiger partial charge < -0.3 is 9.88 Å². The number of amides is 1. The molecule has 4 nitrogen and oxygen atoms in total. The zero-order valence-corrected chi connectivity index (χ0v) is 12.7. The molecule has 1 amide bonds. The normalized spacial score (nSPS) is 10.4. The van der Waals surface area contributed by atoms with Crippen LogP contribution in [0, 0.1) is 0 Å². The summed E-state index contributed by atoms with van der Waals surface area (Å²) in [6.07, 6.45) is 5.34. The van der Waals surface area contributed by atoms with Gasteiger partial charge in [0.05, 0.1) is 12.1 Å². The predicted molar refractivity (Wildman–Crippen MR) is 80.1 cm³/mol. The van der Waals surface area contributed by atoms with Gasteiger partial charge in [-0.25, -0.2) is 4.98 Å². The van der Waals surface area contributed by atoms with Gasteiger partial charge in [-0.05, 0) is 18.2 Å². The highest BCUT2D eigenvalue weighted by Crippen LogP contribution is 2.21. The fourth-order valence-corrected chi connectivity index (χ4v) is 2.84. The number of carbonyl (C=O) groups is 1. The Bertz CT molecular complexity index is 530. The highest BCUT2D eigenvalue weighted by Gasteiger charge is 2.02. The molecule has 1 N–H and O–H groups in total. The number of nitrogens with one attached hydrogen (secondary N) is 1. The van der Waals surface area contributed by atoms with Gasteiger partial charge in [0.1, 0.15) is 0 Å². The third-order valence-corrected chi connectivity index (χ3v) is 3.90. The van der Waals surface area contributed by atoms with Gasteiger partial charge >= 0.3 is 0 Å². The van der Waals surface area contributed by atoms with Crippen LogP contribution in [-0.2, 0) is 11.3 Å². The number of hydrogen-bond donors (Lipinski definition) is 1. The minimum absolute atomic E-state index is 0.0464. The molecule has 0 atom stereocenters. The summed E-state index contributed by atoms with van der Waals surface area (Å²) in [6.45, 7) is 1.36. The second-order valence-corrected chi connectivity index (χ2v) is 5.86. The summed E-state index contributed by atoms with van der Waals surface area (Å²) in [5, 5.41) is 2.89. The van der Waals surface area contributed by atoms with Crippen LogP contribution in [0.1, 0.15) is 0 Å². The number of benzene rings is 1. The molecule has 19 heavy (non-hydrogen) atoms. The first-order chi connectivity index (χ1) is 9.24. The second kappa shape index (κ2) is 7.35. The standard InChI is InChI=1S/C13H14BrN3OS/c14-11-2-1-3-12(8-11)19-9-13(18)16-5-7-17-6-4-15-10-17/h1-4,6,8,10H,5,7,9H2,(H,16,18). The minimum atomic E-state index is 0.0464. The Morgan fingerprint density at radius 3 is 3.11 bits per heavy atom. The summed E-state index contributed by atoms with van der Waals surface area (Å²) in [7, 11) is 0. The van der Waals surface area contributed by atoms with Crippen LogP contribution in [0.25, 0.3) is 0 Å². The highest BCUT2D eigenvalue weighted by molar-refractivity contribution is 9.10. The molecule has 1 aromatic carbocycles. The van der Waals surface area contributed by atoms with Gasteiger partial charge in [0, 0.05) is 34.9 Å². The molecule has 0 fully saturated rings. The molecule has 2 aromatic rings. The van der Waals surface area contributed by atoms with E-state index in [-0.39, 0.29) is 5.91 Å². The van der Waals surface area contributed by atoms with E-state index in [4.69, 9.17) is 0 Å². The number of imidazole rings is 1.